The van der Waals surface area contributed by atoms with Gasteiger partial charge in [-0.2, -0.15) is 4.98 Å². The third-order valence-corrected chi connectivity index (χ3v) is 6.80. The maximum atomic E-state index is 15.1. The molecule has 1 N–H and O–H groups in total. The van der Waals surface area contributed by atoms with Crippen LogP contribution in [0.4, 0.5) is 29.2 Å². The Morgan fingerprint density at radius 2 is 1.74 bits per heavy atom. The molecule has 0 aliphatic carbocycles. The first-order valence-electron chi connectivity index (χ1n) is 12.3. The number of anilines is 2. The van der Waals surface area contributed by atoms with Crippen LogP contribution < -0.4 is 10.2 Å². The van der Waals surface area contributed by atoms with E-state index in [9.17, 15) is 18.0 Å². The first-order valence-corrected chi connectivity index (χ1v) is 12.3. The normalized spacial score (nSPS) is 15.2. The number of aryl methyl sites for hydroxylation is 1. The van der Waals surface area contributed by atoms with Gasteiger partial charge in [0.1, 0.15) is 17.3 Å². The molecule has 0 bridgehead atoms. The minimum absolute atomic E-state index is 0.0941. The van der Waals surface area contributed by atoms with Crippen molar-refractivity contribution in [3.8, 4) is 11.1 Å². The number of fused-ring (bicyclic) bond motifs is 3. The van der Waals surface area contributed by atoms with Crippen LogP contribution in [-0.4, -0.2) is 44.3 Å². The van der Waals surface area contributed by atoms with Crippen LogP contribution in [0, 0.1) is 18.6 Å². The van der Waals surface area contributed by atoms with E-state index in [2.05, 4.69) is 20.3 Å². The van der Waals surface area contributed by atoms with Crippen LogP contribution in [0.2, 0.25) is 0 Å². The molecule has 0 unspecified atom stereocenters. The second-order valence-corrected chi connectivity index (χ2v) is 9.55. The van der Waals surface area contributed by atoms with Crippen molar-refractivity contribution in [2.24, 2.45) is 0 Å². The molecule has 1 fully saturated rings. The SMILES string of the molecule is Cc1cn2c(n1)c(-c1ccc(NC(=O)c3ccccc3F)c(F)c1)cc1cnc(N3CCC(F)(F)CC3)nc12. The lowest BCUT2D eigenvalue weighted by Crippen LogP contribution is -2.40. The molecule has 7 nitrogen and oxygen atoms in total. The number of imidazole rings is 1. The molecule has 1 aliphatic heterocycles. The number of carbonyl (C=O) groups is 1. The predicted molar refractivity (Wildman–Crippen MR) is 139 cm³/mol. The zero-order valence-electron chi connectivity index (χ0n) is 20.8. The highest BCUT2D eigenvalue weighted by atomic mass is 19.3. The monoisotopic (exact) mass is 534 g/mol. The third-order valence-electron chi connectivity index (χ3n) is 6.80. The van der Waals surface area contributed by atoms with Crippen LogP contribution in [-0.2, 0) is 0 Å². The number of amides is 1. The molecule has 198 valence electrons. The predicted octanol–water partition coefficient (Wildman–Crippen LogP) is 6.02. The van der Waals surface area contributed by atoms with Crippen LogP contribution in [0.15, 0.2) is 60.9 Å². The number of hydrogen-bond donors (Lipinski definition) is 1. The lowest BCUT2D eigenvalue weighted by atomic mass is 10.0. The summed E-state index contributed by atoms with van der Waals surface area (Å²) < 4.78 is 58.1. The molecular formula is C28H22F4N6O. The molecule has 0 spiro atoms. The van der Waals surface area contributed by atoms with Crippen LogP contribution in [0.25, 0.3) is 27.8 Å². The fourth-order valence-corrected chi connectivity index (χ4v) is 4.75. The van der Waals surface area contributed by atoms with Gasteiger partial charge in [0.2, 0.25) is 5.95 Å². The summed E-state index contributed by atoms with van der Waals surface area (Å²) in [5, 5.41) is 3.06. The molecule has 0 radical (unpaired) electrons. The Balaban J connectivity index is 1.36. The van der Waals surface area contributed by atoms with E-state index >= 15 is 4.39 Å². The van der Waals surface area contributed by atoms with Gasteiger partial charge in [0.15, 0.2) is 5.65 Å². The summed E-state index contributed by atoms with van der Waals surface area (Å²) >= 11 is 0. The zero-order chi connectivity index (χ0) is 27.3. The number of nitrogens with zero attached hydrogens (tertiary/aromatic N) is 5. The zero-order valence-corrected chi connectivity index (χ0v) is 20.8. The molecule has 2 aromatic carbocycles. The first kappa shape index (κ1) is 24.8. The summed E-state index contributed by atoms with van der Waals surface area (Å²) in [6, 6.07) is 11.6. The van der Waals surface area contributed by atoms with Gasteiger partial charge in [-0.15, -0.1) is 0 Å². The maximum Gasteiger partial charge on any atom is 0.258 e. The second-order valence-electron chi connectivity index (χ2n) is 9.55. The van der Waals surface area contributed by atoms with Crippen LogP contribution in [0.3, 0.4) is 0 Å². The van der Waals surface area contributed by atoms with Gasteiger partial charge in [-0.25, -0.2) is 27.5 Å². The van der Waals surface area contributed by atoms with Crippen LogP contribution >= 0.6 is 0 Å². The highest BCUT2D eigenvalue weighted by Gasteiger charge is 2.35. The Labute approximate surface area is 220 Å². The van der Waals surface area contributed by atoms with E-state index in [1.807, 2.05) is 6.92 Å². The number of carbonyl (C=O) groups excluding carboxylic acids is 1. The summed E-state index contributed by atoms with van der Waals surface area (Å²) in [4.78, 5) is 27.9. The molecular weight excluding hydrogens is 512 g/mol. The molecule has 0 saturated carbocycles. The van der Waals surface area contributed by atoms with Crippen LogP contribution in [0.1, 0.15) is 28.9 Å². The van der Waals surface area contributed by atoms with Gasteiger partial charge in [-0.3, -0.25) is 9.20 Å². The summed E-state index contributed by atoms with van der Waals surface area (Å²) in [6.07, 6.45) is 2.90. The highest BCUT2D eigenvalue weighted by Crippen LogP contribution is 2.33. The summed E-state index contributed by atoms with van der Waals surface area (Å²) in [5.41, 5.74) is 2.59. The van der Waals surface area contributed by atoms with Gasteiger partial charge in [-0.1, -0.05) is 18.2 Å². The van der Waals surface area contributed by atoms with Gasteiger partial charge in [-0.05, 0) is 42.8 Å². The summed E-state index contributed by atoms with van der Waals surface area (Å²) in [7, 11) is 0. The molecule has 4 heterocycles. The smallest absolute Gasteiger partial charge is 0.258 e. The largest absolute Gasteiger partial charge is 0.340 e. The summed E-state index contributed by atoms with van der Waals surface area (Å²) in [6.45, 7) is 2.13. The average molecular weight is 535 g/mol. The maximum absolute atomic E-state index is 15.1. The Morgan fingerprint density at radius 1 is 0.974 bits per heavy atom. The van der Waals surface area contributed by atoms with Crippen molar-refractivity contribution in [1.29, 1.82) is 0 Å². The van der Waals surface area contributed by atoms with Crippen molar-refractivity contribution in [3.05, 3.63) is 83.8 Å². The number of aromatic nitrogens is 4. The van der Waals surface area contributed by atoms with Crippen molar-refractivity contribution in [2.75, 3.05) is 23.3 Å². The van der Waals surface area contributed by atoms with E-state index < -0.39 is 23.5 Å². The van der Waals surface area contributed by atoms with E-state index in [0.29, 0.717) is 39.4 Å². The fraction of sp³-hybridized carbons (Fsp3) is 0.214. The average Bonchev–Trinajstić information content (AvgIpc) is 3.31. The Kier molecular flexibility index (Phi) is 5.93. The summed E-state index contributed by atoms with van der Waals surface area (Å²) in [5.74, 6) is -4.49. The first-order chi connectivity index (χ1) is 18.7. The van der Waals surface area contributed by atoms with Crippen LogP contribution in [0.5, 0.6) is 0 Å². The topological polar surface area (TPSA) is 75.4 Å². The molecule has 6 rings (SSSR count). The Hall–Kier alpha value is -4.54. The number of hydrogen-bond acceptors (Lipinski definition) is 5. The van der Waals surface area contributed by atoms with Gasteiger partial charge >= 0.3 is 0 Å². The standard InChI is InChI=1S/C28H22F4N6O/c1-16-15-38-24-18(14-33-27(36-24)37-10-8-28(31,32)9-11-37)12-20(25(38)34-16)17-6-7-23(22(30)13-17)35-26(39)19-4-2-3-5-21(19)29/h2-7,12-15H,8-11H2,1H3,(H,35,39). The van der Waals surface area contributed by atoms with Gasteiger partial charge in [0.05, 0.1) is 16.9 Å². The van der Waals surface area contributed by atoms with E-state index in [1.54, 1.807) is 33.8 Å². The van der Waals surface area contributed by atoms with Crippen molar-refractivity contribution < 1.29 is 22.4 Å². The van der Waals surface area contributed by atoms with Crippen molar-refractivity contribution in [2.45, 2.75) is 25.7 Å². The second kappa shape index (κ2) is 9.33. The molecule has 1 saturated heterocycles. The lowest BCUT2D eigenvalue weighted by Gasteiger charge is -2.31. The number of piperidine rings is 1. The molecule has 5 aromatic rings. The van der Waals surface area contributed by atoms with E-state index in [1.165, 1.54) is 30.3 Å². The third kappa shape index (κ3) is 4.64. The van der Waals surface area contributed by atoms with E-state index in [0.717, 1.165) is 6.07 Å². The van der Waals surface area contributed by atoms with Gasteiger partial charge in [0, 0.05) is 49.3 Å². The van der Waals surface area contributed by atoms with Crippen molar-refractivity contribution >= 4 is 34.2 Å². The quantitative estimate of drug-likeness (QED) is 0.286. The Morgan fingerprint density at radius 3 is 2.49 bits per heavy atom. The molecule has 3 aromatic heterocycles. The molecule has 39 heavy (non-hydrogen) atoms. The van der Waals surface area contributed by atoms with E-state index in [-0.39, 0.29) is 37.2 Å². The molecule has 1 amide bonds. The van der Waals surface area contributed by atoms with Crippen molar-refractivity contribution in [1.82, 2.24) is 19.4 Å². The molecule has 1 aliphatic rings. The minimum atomic E-state index is -2.68. The number of rotatable bonds is 4. The minimum Gasteiger partial charge on any atom is -0.340 e. The van der Waals surface area contributed by atoms with Gasteiger partial charge in [0.25, 0.3) is 11.8 Å². The van der Waals surface area contributed by atoms with Gasteiger partial charge < -0.3 is 10.2 Å². The number of benzene rings is 2. The fourth-order valence-electron chi connectivity index (χ4n) is 4.75. The molecule has 0 atom stereocenters. The lowest BCUT2D eigenvalue weighted by molar-refractivity contribution is -0.0222. The number of pyridine rings is 1. The highest BCUT2D eigenvalue weighted by molar-refractivity contribution is 6.04. The molecule has 11 heteroatoms. The number of nitrogens with one attached hydrogen (secondary N) is 1. The number of halogens is 4. The number of alkyl halides is 2. The van der Waals surface area contributed by atoms with Crippen molar-refractivity contribution in [3.63, 3.8) is 0 Å². The van der Waals surface area contributed by atoms with E-state index in [4.69, 9.17) is 0 Å². The Bertz CT molecular complexity index is 1740.